The van der Waals surface area contributed by atoms with Gasteiger partial charge in [0.05, 0.1) is 12.3 Å². The number of pyridine rings is 1. The predicted octanol–water partition coefficient (Wildman–Crippen LogP) is 0.908. The topological polar surface area (TPSA) is 91.6 Å². The molecule has 0 aromatic carbocycles. The maximum Gasteiger partial charge on any atom is 0.250 e. The first-order valence-corrected chi connectivity index (χ1v) is 10.2. The Morgan fingerprint density at radius 2 is 2.07 bits per heavy atom. The Hall–Kier alpha value is -2.74. The normalized spacial score (nSPS) is 21.3. The Bertz CT molecular complexity index is 892. The van der Waals surface area contributed by atoms with Crippen LogP contribution in [0.15, 0.2) is 47.8 Å². The number of aliphatic hydroxyl groups excluding tert-OH is 1. The summed E-state index contributed by atoms with van der Waals surface area (Å²) in [6, 6.07) is 5.01. The van der Waals surface area contributed by atoms with Crippen LogP contribution in [0.25, 0.3) is 0 Å². The molecule has 154 valence electrons. The minimum absolute atomic E-state index is 0.0116. The number of amides is 1. The lowest BCUT2D eigenvalue weighted by atomic mass is 9.71. The van der Waals surface area contributed by atoms with Gasteiger partial charge in [-0.3, -0.25) is 14.6 Å². The van der Waals surface area contributed by atoms with Crippen molar-refractivity contribution in [2.45, 2.75) is 38.3 Å². The van der Waals surface area contributed by atoms with E-state index in [0.29, 0.717) is 32.6 Å². The lowest BCUT2D eigenvalue weighted by Gasteiger charge is -2.49. The van der Waals surface area contributed by atoms with E-state index in [4.69, 9.17) is 0 Å². The highest BCUT2D eigenvalue weighted by Gasteiger charge is 2.42. The molecule has 1 amide bonds. The fraction of sp³-hybridized carbons (Fsp3) is 0.524. The van der Waals surface area contributed by atoms with E-state index in [0.717, 1.165) is 31.6 Å². The average Bonchev–Trinajstić information content (AvgIpc) is 2.73. The van der Waals surface area contributed by atoms with Gasteiger partial charge in [0.2, 0.25) is 5.91 Å². The molecule has 1 spiro atoms. The number of piperidine rings is 2. The lowest BCUT2D eigenvalue weighted by Crippen LogP contribution is -2.54. The molecule has 2 aromatic rings. The molecule has 0 aliphatic carbocycles. The number of likely N-dealkylation sites (tertiary alicyclic amines) is 1. The molecule has 8 nitrogen and oxygen atoms in total. The van der Waals surface area contributed by atoms with Crippen molar-refractivity contribution < 1.29 is 9.90 Å². The lowest BCUT2D eigenvalue weighted by molar-refractivity contribution is -0.134. The van der Waals surface area contributed by atoms with Crippen molar-refractivity contribution in [3.8, 4) is 0 Å². The van der Waals surface area contributed by atoms with Crippen molar-refractivity contribution in [1.29, 1.82) is 0 Å². The maximum absolute atomic E-state index is 12.6. The molecule has 2 fully saturated rings. The van der Waals surface area contributed by atoms with Gasteiger partial charge in [-0.1, -0.05) is 6.07 Å². The molecule has 2 aliphatic heterocycles. The number of aromatic nitrogens is 3. The highest BCUT2D eigenvalue weighted by molar-refractivity contribution is 5.76. The minimum atomic E-state index is -0.405. The Kier molecular flexibility index (Phi) is 5.62. The Labute approximate surface area is 169 Å². The number of carbonyl (C=O) groups excluding carboxylic acids is 1. The third-order valence-electron chi connectivity index (χ3n) is 6.14. The molecule has 8 heteroatoms. The predicted molar refractivity (Wildman–Crippen MR) is 108 cm³/mol. The van der Waals surface area contributed by atoms with Gasteiger partial charge in [-0.05, 0) is 30.7 Å². The average molecular weight is 397 g/mol. The van der Waals surface area contributed by atoms with Crippen molar-refractivity contribution in [2.24, 2.45) is 5.41 Å². The number of β-amino-alcohol motifs (C(OH)–C–C–N with tert-alkyl or cyclic N) is 1. The van der Waals surface area contributed by atoms with E-state index in [2.05, 4.69) is 14.9 Å². The summed E-state index contributed by atoms with van der Waals surface area (Å²) < 4.78 is 1.57. The Balaban J connectivity index is 1.35. The van der Waals surface area contributed by atoms with Crippen molar-refractivity contribution in [1.82, 2.24) is 19.4 Å². The number of carbonyl (C=O) groups is 1. The van der Waals surface area contributed by atoms with E-state index in [9.17, 15) is 14.7 Å². The van der Waals surface area contributed by atoms with Crippen molar-refractivity contribution >= 4 is 11.7 Å². The second-order valence-electron chi connectivity index (χ2n) is 8.17. The van der Waals surface area contributed by atoms with Gasteiger partial charge in [0.25, 0.3) is 5.56 Å². The van der Waals surface area contributed by atoms with Crippen LogP contribution >= 0.6 is 0 Å². The van der Waals surface area contributed by atoms with Gasteiger partial charge in [-0.15, -0.1) is 0 Å². The van der Waals surface area contributed by atoms with Crippen LogP contribution in [0.5, 0.6) is 0 Å². The summed E-state index contributed by atoms with van der Waals surface area (Å²) in [7, 11) is 0. The molecule has 0 radical (unpaired) electrons. The van der Waals surface area contributed by atoms with Crippen LogP contribution in [-0.2, 0) is 11.3 Å². The molecule has 2 aromatic heterocycles. The van der Waals surface area contributed by atoms with Crippen LogP contribution in [0.2, 0.25) is 0 Å². The third kappa shape index (κ3) is 4.48. The van der Waals surface area contributed by atoms with E-state index < -0.39 is 6.10 Å². The van der Waals surface area contributed by atoms with Crippen LogP contribution in [-0.4, -0.2) is 62.7 Å². The van der Waals surface area contributed by atoms with E-state index in [-0.39, 0.29) is 16.9 Å². The molecule has 4 rings (SSSR count). The molecule has 2 aliphatic rings. The number of aryl methyl sites for hydroxylation is 1. The first-order chi connectivity index (χ1) is 14.0. The van der Waals surface area contributed by atoms with Crippen molar-refractivity contribution in [3.63, 3.8) is 0 Å². The van der Waals surface area contributed by atoms with Gasteiger partial charge in [-0.2, -0.15) is 0 Å². The summed E-state index contributed by atoms with van der Waals surface area (Å²) in [6.45, 7) is 3.16. The molecule has 2 saturated heterocycles. The zero-order chi connectivity index (χ0) is 20.3. The second-order valence-corrected chi connectivity index (χ2v) is 8.17. The molecule has 0 saturated carbocycles. The minimum Gasteiger partial charge on any atom is -0.391 e. The summed E-state index contributed by atoms with van der Waals surface area (Å²) in [5.74, 6) is 0.871. The molecule has 1 atom stereocenters. The number of aliphatic hydroxyl groups is 1. The Morgan fingerprint density at radius 1 is 1.24 bits per heavy atom. The SMILES string of the molecule is O=C(CCn1ccccc1=O)N1CCC2(CC1)CC(O)CN(c1cnccn1)C2. The molecule has 29 heavy (non-hydrogen) atoms. The zero-order valence-electron chi connectivity index (χ0n) is 16.5. The summed E-state index contributed by atoms with van der Waals surface area (Å²) in [5.41, 5.74) is -0.0966. The fourth-order valence-corrected chi connectivity index (χ4v) is 4.59. The molecule has 0 bridgehead atoms. The van der Waals surface area contributed by atoms with Crippen LogP contribution in [0.1, 0.15) is 25.7 Å². The summed E-state index contributed by atoms with van der Waals surface area (Å²) in [5, 5.41) is 10.5. The first-order valence-electron chi connectivity index (χ1n) is 10.2. The number of hydrogen-bond donors (Lipinski definition) is 1. The fourth-order valence-electron chi connectivity index (χ4n) is 4.59. The largest absolute Gasteiger partial charge is 0.391 e. The van der Waals surface area contributed by atoms with Gasteiger partial charge in [-0.25, -0.2) is 4.98 Å². The standard InChI is InChI=1S/C21H27N5O3/c27-17-13-21(16-26(15-17)18-14-22-7-8-23-18)5-11-25(12-6-21)20(29)4-10-24-9-2-1-3-19(24)28/h1-3,7-9,14,17,27H,4-6,10-13,15-16H2. The number of anilines is 1. The highest BCUT2D eigenvalue weighted by atomic mass is 16.3. The Morgan fingerprint density at radius 3 is 2.79 bits per heavy atom. The first kappa shape index (κ1) is 19.6. The van der Waals surface area contributed by atoms with Crippen LogP contribution in [0.3, 0.4) is 0 Å². The zero-order valence-corrected chi connectivity index (χ0v) is 16.5. The van der Waals surface area contributed by atoms with Crippen molar-refractivity contribution in [2.75, 3.05) is 31.1 Å². The quantitative estimate of drug-likeness (QED) is 0.825. The molecule has 1 N–H and O–H groups in total. The third-order valence-corrected chi connectivity index (χ3v) is 6.14. The second kappa shape index (κ2) is 8.32. The van der Waals surface area contributed by atoms with Gasteiger partial charge < -0.3 is 19.5 Å². The van der Waals surface area contributed by atoms with Crippen LogP contribution in [0.4, 0.5) is 5.82 Å². The van der Waals surface area contributed by atoms with E-state index >= 15 is 0 Å². The van der Waals surface area contributed by atoms with E-state index in [1.54, 1.807) is 41.5 Å². The smallest absolute Gasteiger partial charge is 0.250 e. The molecule has 1 unspecified atom stereocenters. The number of hydrogen-bond acceptors (Lipinski definition) is 6. The maximum atomic E-state index is 12.6. The molecule has 4 heterocycles. The van der Waals surface area contributed by atoms with Crippen LogP contribution in [0, 0.1) is 5.41 Å². The van der Waals surface area contributed by atoms with E-state index in [1.807, 2.05) is 4.90 Å². The monoisotopic (exact) mass is 397 g/mol. The van der Waals surface area contributed by atoms with Crippen molar-refractivity contribution in [3.05, 3.63) is 53.3 Å². The molecular formula is C21H27N5O3. The van der Waals surface area contributed by atoms with E-state index in [1.165, 1.54) is 6.07 Å². The van der Waals surface area contributed by atoms with Gasteiger partial charge in [0, 0.05) is 63.8 Å². The molecular weight excluding hydrogens is 370 g/mol. The highest BCUT2D eigenvalue weighted by Crippen LogP contribution is 2.40. The summed E-state index contributed by atoms with van der Waals surface area (Å²) in [4.78, 5) is 37.0. The number of nitrogens with zero attached hydrogens (tertiary/aromatic N) is 5. The van der Waals surface area contributed by atoms with Gasteiger partial charge >= 0.3 is 0 Å². The van der Waals surface area contributed by atoms with Crippen LogP contribution < -0.4 is 10.5 Å². The van der Waals surface area contributed by atoms with Gasteiger partial charge in [0.1, 0.15) is 5.82 Å². The summed E-state index contributed by atoms with van der Waals surface area (Å²) >= 11 is 0. The number of rotatable bonds is 4. The summed E-state index contributed by atoms with van der Waals surface area (Å²) in [6.07, 6.45) is 9.15. The van der Waals surface area contributed by atoms with Gasteiger partial charge in [0.15, 0.2) is 0 Å².